The largest absolute Gasteiger partial charge is 0.458 e. The lowest BCUT2D eigenvalue weighted by molar-refractivity contribution is -0.159. The number of nitrogens with zero attached hydrogens (tertiary/aromatic N) is 1. The van der Waals surface area contributed by atoms with E-state index in [1.165, 1.54) is 0 Å². The highest BCUT2D eigenvalue weighted by molar-refractivity contribution is 5.93. The van der Waals surface area contributed by atoms with E-state index < -0.39 is 53.2 Å². The van der Waals surface area contributed by atoms with E-state index in [0.717, 1.165) is 12.0 Å². The van der Waals surface area contributed by atoms with E-state index in [2.05, 4.69) is 20.9 Å². The summed E-state index contributed by atoms with van der Waals surface area (Å²) in [6, 6.07) is 6.17. The average molecular weight is 591 g/mol. The molecule has 12 nitrogen and oxygen atoms in total. The molecule has 0 spiro atoms. The number of amides is 3. The third kappa shape index (κ3) is 15.8. The van der Waals surface area contributed by atoms with Crippen LogP contribution in [-0.4, -0.2) is 65.7 Å². The van der Waals surface area contributed by atoms with Crippen LogP contribution in [0.15, 0.2) is 35.3 Å². The Kier molecular flexibility index (Phi) is 14.8. The fraction of sp³-hybridized carbons (Fsp3) is 0.633. The monoisotopic (exact) mass is 590 g/mol. The number of rotatable bonds is 15. The molecule has 1 aromatic rings. The second-order valence-electron chi connectivity index (χ2n) is 12.1. The maximum atomic E-state index is 13.6. The van der Waals surface area contributed by atoms with Gasteiger partial charge in [0.2, 0.25) is 11.8 Å². The van der Waals surface area contributed by atoms with Gasteiger partial charge in [-0.1, -0.05) is 50.1 Å². The molecule has 0 aromatic heterocycles. The number of unbranched alkanes of at least 4 members (excludes halogenated alkanes) is 1. The Bertz CT molecular complexity index is 1040. The number of benzene rings is 1. The fourth-order valence-electron chi connectivity index (χ4n) is 3.86. The topological polar surface area (TPSA) is 187 Å². The summed E-state index contributed by atoms with van der Waals surface area (Å²) in [7, 11) is 0. The number of hydrogen-bond donors (Lipinski definition) is 5. The van der Waals surface area contributed by atoms with Gasteiger partial charge in [-0.05, 0) is 66.4 Å². The Morgan fingerprint density at radius 1 is 0.786 bits per heavy atom. The van der Waals surface area contributed by atoms with Crippen LogP contribution in [0.25, 0.3) is 0 Å². The summed E-state index contributed by atoms with van der Waals surface area (Å²) in [5.41, 5.74) is 10.1. The number of carbonyl (C=O) groups excluding carboxylic acids is 4. The van der Waals surface area contributed by atoms with Crippen molar-refractivity contribution in [3.05, 3.63) is 35.9 Å². The maximum Gasteiger partial charge on any atom is 0.408 e. The molecule has 0 aliphatic rings. The summed E-state index contributed by atoms with van der Waals surface area (Å²) in [5, 5.41) is 8.15. The van der Waals surface area contributed by atoms with E-state index in [-0.39, 0.29) is 25.3 Å². The van der Waals surface area contributed by atoms with Crippen molar-refractivity contribution in [1.82, 2.24) is 16.0 Å². The predicted octanol–water partition coefficient (Wildman–Crippen LogP) is 2.68. The van der Waals surface area contributed by atoms with Crippen molar-refractivity contribution in [1.29, 1.82) is 0 Å². The molecule has 7 N–H and O–H groups in total. The van der Waals surface area contributed by atoms with Gasteiger partial charge in [0.1, 0.15) is 29.3 Å². The van der Waals surface area contributed by atoms with Gasteiger partial charge >= 0.3 is 12.1 Å². The van der Waals surface area contributed by atoms with Gasteiger partial charge in [-0.3, -0.25) is 14.6 Å². The number of carbonyl (C=O) groups is 4. The van der Waals surface area contributed by atoms with Crippen LogP contribution in [0.2, 0.25) is 0 Å². The standard InChI is InChI=1S/C30H50N6O6/c1-8-9-16-22(26(39)41-29(2,3)4)35-24(37)21(17-13-18-33-27(31)32)34-25(38)23(19-20-14-11-10-12-15-20)36-28(40)42-30(5,6)7/h10-12,14-15,21-23H,8-9,13,16-19H2,1-7H3,(H,34,38)(H,35,37)(H,36,40)(H4,31,32,33)/t21-,22-,23-/m0/s1. The van der Waals surface area contributed by atoms with Crippen molar-refractivity contribution >= 4 is 29.8 Å². The van der Waals surface area contributed by atoms with Gasteiger partial charge < -0.3 is 36.9 Å². The molecule has 1 rings (SSSR count). The van der Waals surface area contributed by atoms with Crippen molar-refractivity contribution < 1.29 is 28.7 Å². The molecule has 0 saturated heterocycles. The van der Waals surface area contributed by atoms with Crippen LogP contribution in [0.4, 0.5) is 4.79 Å². The molecule has 0 aliphatic heterocycles. The Hall–Kier alpha value is -3.83. The number of alkyl carbamates (subject to hydrolysis) is 1. The number of guanidine groups is 1. The van der Waals surface area contributed by atoms with Crippen molar-refractivity contribution in [3.8, 4) is 0 Å². The molecule has 42 heavy (non-hydrogen) atoms. The highest BCUT2D eigenvalue weighted by atomic mass is 16.6. The van der Waals surface area contributed by atoms with E-state index in [4.69, 9.17) is 20.9 Å². The minimum absolute atomic E-state index is 0.0888. The van der Waals surface area contributed by atoms with Crippen LogP contribution in [0, 0.1) is 0 Å². The van der Waals surface area contributed by atoms with Crippen LogP contribution in [0.1, 0.15) is 86.1 Å². The highest BCUT2D eigenvalue weighted by Crippen LogP contribution is 2.13. The molecule has 1 aromatic carbocycles. The first kappa shape index (κ1) is 36.2. The molecule has 3 atom stereocenters. The molecule has 12 heteroatoms. The summed E-state index contributed by atoms with van der Waals surface area (Å²) in [6.07, 6.45) is 1.81. The Labute approximate surface area is 249 Å². The summed E-state index contributed by atoms with van der Waals surface area (Å²) in [5.74, 6) is -1.79. The lowest BCUT2D eigenvalue weighted by atomic mass is 10.0. The van der Waals surface area contributed by atoms with Crippen LogP contribution in [0.5, 0.6) is 0 Å². The van der Waals surface area contributed by atoms with Crippen LogP contribution in [0.3, 0.4) is 0 Å². The zero-order valence-electron chi connectivity index (χ0n) is 26.1. The zero-order chi connectivity index (χ0) is 31.9. The fourth-order valence-corrected chi connectivity index (χ4v) is 3.86. The molecule has 0 aliphatic carbocycles. The summed E-state index contributed by atoms with van der Waals surface area (Å²) in [6.45, 7) is 12.6. The van der Waals surface area contributed by atoms with Crippen molar-refractivity contribution in [2.75, 3.05) is 6.54 Å². The minimum Gasteiger partial charge on any atom is -0.458 e. The Morgan fingerprint density at radius 3 is 1.88 bits per heavy atom. The molecule has 0 heterocycles. The van der Waals surface area contributed by atoms with E-state index >= 15 is 0 Å². The van der Waals surface area contributed by atoms with Gasteiger partial charge in [0.05, 0.1) is 0 Å². The molecule has 0 fully saturated rings. The molecule has 0 radical (unpaired) electrons. The molecule has 236 valence electrons. The number of ether oxygens (including phenoxy) is 2. The Morgan fingerprint density at radius 2 is 1.33 bits per heavy atom. The first-order valence-corrected chi connectivity index (χ1v) is 14.4. The average Bonchev–Trinajstić information content (AvgIpc) is 2.85. The smallest absolute Gasteiger partial charge is 0.408 e. The highest BCUT2D eigenvalue weighted by Gasteiger charge is 2.32. The quantitative estimate of drug-likeness (QED) is 0.0892. The van der Waals surface area contributed by atoms with E-state index in [1.807, 2.05) is 37.3 Å². The molecule has 3 amide bonds. The maximum absolute atomic E-state index is 13.6. The third-order valence-corrected chi connectivity index (χ3v) is 5.72. The van der Waals surface area contributed by atoms with Gasteiger partial charge in [0.25, 0.3) is 0 Å². The summed E-state index contributed by atoms with van der Waals surface area (Å²) in [4.78, 5) is 56.5. The minimum atomic E-state index is -1.04. The van der Waals surface area contributed by atoms with Gasteiger partial charge in [-0.2, -0.15) is 0 Å². The lowest BCUT2D eigenvalue weighted by Gasteiger charge is -2.27. The van der Waals surface area contributed by atoms with Crippen LogP contribution < -0.4 is 27.4 Å². The van der Waals surface area contributed by atoms with Gasteiger partial charge in [-0.15, -0.1) is 0 Å². The predicted molar refractivity (Wildman–Crippen MR) is 162 cm³/mol. The second kappa shape index (κ2) is 17.2. The summed E-state index contributed by atoms with van der Waals surface area (Å²) < 4.78 is 10.9. The summed E-state index contributed by atoms with van der Waals surface area (Å²) >= 11 is 0. The number of aliphatic imine (C=N–C) groups is 1. The number of esters is 1. The third-order valence-electron chi connectivity index (χ3n) is 5.72. The van der Waals surface area contributed by atoms with Crippen molar-refractivity contribution in [2.45, 2.75) is 116 Å². The van der Waals surface area contributed by atoms with Gasteiger partial charge in [0.15, 0.2) is 5.96 Å². The molecule has 0 unspecified atom stereocenters. The zero-order valence-corrected chi connectivity index (χ0v) is 26.1. The normalized spacial score (nSPS) is 13.6. The molecule has 0 bridgehead atoms. The first-order valence-electron chi connectivity index (χ1n) is 14.4. The first-order chi connectivity index (χ1) is 19.5. The Balaban J connectivity index is 3.21. The van der Waals surface area contributed by atoms with Gasteiger partial charge in [-0.25, -0.2) is 9.59 Å². The van der Waals surface area contributed by atoms with E-state index in [1.54, 1.807) is 41.5 Å². The van der Waals surface area contributed by atoms with Crippen LogP contribution in [-0.2, 0) is 30.3 Å². The molecular formula is C30H50N6O6. The number of hydrogen-bond acceptors (Lipinski definition) is 7. The van der Waals surface area contributed by atoms with Gasteiger partial charge in [0, 0.05) is 13.0 Å². The molecule has 0 saturated carbocycles. The number of nitrogens with one attached hydrogen (secondary N) is 3. The van der Waals surface area contributed by atoms with E-state index in [9.17, 15) is 19.2 Å². The van der Waals surface area contributed by atoms with Crippen LogP contribution >= 0.6 is 0 Å². The second-order valence-corrected chi connectivity index (χ2v) is 12.1. The number of nitrogens with two attached hydrogens (primary N) is 2. The lowest BCUT2D eigenvalue weighted by Crippen LogP contribution is -2.56. The van der Waals surface area contributed by atoms with Crippen molar-refractivity contribution in [3.63, 3.8) is 0 Å². The molecular weight excluding hydrogens is 540 g/mol. The van der Waals surface area contributed by atoms with Crippen molar-refractivity contribution in [2.24, 2.45) is 16.5 Å². The van der Waals surface area contributed by atoms with E-state index in [0.29, 0.717) is 19.3 Å². The SMILES string of the molecule is CCCC[C@H](NC(=O)[C@H](CCCN=C(N)N)NC(=O)[C@H](Cc1ccccc1)NC(=O)OC(C)(C)C)C(=O)OC(C)(C)C.